The number of rotatable bonds is 4. The maximum absolute atomic E-state index is 13.1. The third kappa shape index (κ3) is 3.85. The van der Waals surface area contributed by atoms with Crippen LogP contribution in [0.3, 0.4) is 0 Å². The van der Waals surface area contributed by atoms with E-state index in [1.165, 1.54) is 0 Å². The zero-order valence-electron chi connectivity index (χ0n) is 17.5. The molecule has 3 aromatic rings. The molecule has 4 heterocycles. The van der Waals surface area contributed by atoms with E-state index in [9.17, 15) is 9.59 Å². The lowest BCUT2D eigenvalue weighted by Crippen LogP contribution is -2.49. The number of nitrogens with zero attached hydrogens (tertiary/aromatic N) is 3. The number of hydrogen-bond acceptors (Lipinski definition) is 4. The molecule has 158 valence electrons. The van der Waals surface area contributed by atoms with Crippen molar-refractivity contribution in [1.82, 2.24) is 14.5 Å². The largest absolute Gasteiger partial charge is 0.497 e. The Kier molecular flexibility index (Phi) is 5.06. The number of amides is 1. The highest BCUT2D eigenvalue weighted by atomic mass is 16.5. The molecule has 0 aliphatic carbocycles. The van der Waals surface area contributed by atoms with Crippen LogP contribution in [0.2, 0.25) is 0 Å². The van der Waals surface area contributed by atoms with Gasteiger partial charge in [-0.1, -0.05) is 18.2 Å². The number of hydrogen-bond donors (Lipinski definition) is 0. The predicted octanol–water partition coefficient (Wildman–Crippen LogP) is 3.11. The monoisotopic (exact) mass is 415 g/mol. The van der Waals surface area contributed by atoms with E-state index in [1.807, 2.05) is 51.9 Å². The van der Waals surface area contributed by atoms with Crippen molar-refractivity contribution in [3.8, 4) is 17.0 Å². The summed E-state index contributed by atoms with van der Waals surface area (Å²) < 4.78 is 7.18. The molecule has 0 unspecified atom stereocenters. The molecular weight excluding hydrogens is 390 g/mol. The molecule has 31 heavy (non-hydrogen) atoms. The molecule has 1 fully saturated rings. The quantitative estimate of drug-likeness (QED) is 0.657. The van der Waals surface area contributed by atoms with E-state index in [-0.39, 0.29) is 17.4 Å². The second-order valence-corrected chi connectivity index (χ2v) is 8.46. The average Bonchev–Trinajstić information content (AvgIpc) is 2.80. The number of carbonyl (C=O) groups excluding carboxylic acids is 1. The molecule has 6 heteroatoms. The van der Waals surface area contributed by atoms with Crippen LogP contribution in [-0.4, -0.2) is 40.6 Å². The molecule has 2 atom stereocenters. The number of benzene rings is 1. The molecule has 0 radical (unpaired) electrons. The predicted molar refractivity (Wildman–Crippen MR) is 118 cm³/mol. The maximum atomic E-state index is 13.1. The summed E-state index contributed by atoms with van der Waals surface area (Å²) in [6.45, 7) is 2.01. The van der Waals surface area contributed by atoms with Crippen LogP contribution in [0.4, 0.5) is 0 Å². The van der Waals surface area contributed by atoms with Crippen LogP contribution < -0.4 is 10.3 Å². The van der Waals surface area contributed by atoms with Crippen molar-refractivity contribution in [2.24, 2.45) is 5.92 Å². The summed E-state index contributed by atoms with van der Waals surface area (Å²) in [5.74, 6) is 1.35. The second-order valence-electron chi connectivity index (χ2n) is 8.46. The third-order valence-corrected chi connectivity index (χ3v) is 6.36. The fourth-order valence-corrected chi connectivity index (χ4v) is 4.91. The first-order chi connectivity index (χ1) is 15.1. The van der Waals surface area contributed by atoms with Gasteiger partial charge in [-0.25, -0.2) is 0 Å². The Labute approximate surface area is 181 Å². The fourth-order valence-electron chi connectivity index (χ4n) is 4.91. The molecule has 5 rings (SSSR count). The molecule has 1 aromatic carbocycles. The molecule has 0 N–H and O–H groups in total. The van der Waals surface area contributed by atoms with Crippen molar-refractivity contribution in [2.75, 3.05) is 20.2 Å². The van der Waals surface area contributed by atoms with Gasteiger partial charge in [0.05, 0.1) is 19.2 Å². The van der Waals surface area contributed by atoms with Crippen molar-refractivity contribution >= 4 is 5.91 Å². The van der Waals surface area contributed by atoms with Gasteiger partial charge < -0.3 is 14.2 Å². The molecule has 2 aromatic heterocycles. The highest BCUT2D eigenvalue weighted by molar-refractivity contribution is 5.79. The van der Waals surface area contributed by atoms with E-state index >= 15 is 0 Å². The van der Waals surface area contributed by atoms with Gasteiger partial charge in [-0.3, -0.25) is 14.6 Å². The van der Waals surface area contributed by atoms with E-state index in [2.05, 4.69) is 11.1 Å². The van der Waals surface area contributed by atoms with Gasteiger partial charge in [-0.2, -0.15) is 0 Å². The van der Waals surface area contributed by atoms with Gasteiger partial charge in [0.25, 0.3) is 5.56 Å². The molecule has 0 spiro atoms. The number of carbonyl (C=O) groups is 1. The molecule has 6 nitrogen and oxygen atoms in total. The average molecular weight is 415 g/mol. The zero-order valence-corrected chi connectivity index (χ0v) is 17.5. The Hall–Kier alpha value is -3.41. The second kappa shape index (κ2) is 8.02. The van der Waals surface area contributed by atoms with Gasteiger partial charge >= 0.3 is 0 Å². The van der Waals surface area contributed by atoms with Crippen LogP contribution >= 0.6 is 0 Å². The molecular formula is C25H25N3O3. The summed E-state index contributed by atoms with van der Waals surface area (Å²) in [6.07, 6.45) is 3.10. The summed E-state index contributed by atoms with van der Waals surface area (Å²) in [6, 6.07) is 17.1. The van der Waals surface area contributed by atoms with E-state index in [0.717, 1.165) is 34.7 Å². The number of aromatic nitrogens is 2. The molecule has 2 aliphatic rings. The van der Waals surface area contributed by atoms with Gasteiger partial charge in [0.1, 0.15) is 5.75 Å². The van der Waals surface area contributed by atoms with Crippen molar-refractivity contribution in [3.63, 3.8) is 0 Å². The Morgan fingerprint density at radius 2 is 2.00 bits per heavy atom. The zero-order chi connectivity index (χ0) is 21.4. The summed E-state index contributed by atoms with van der Waals surface area (Å²) in [4.78, 5) is 32.3. The summed E-state index contributed by atoms with van der Waals surface area (Å²) >= 11 is 0. The molecule has 1 amide bonds. The van der Waals surface area contributed by atoms with Crippen LogP contribution in [-0.2, 0) is 17.8 Å². The lowest BCUT2D eigenvalue weighted by atomic mass is 9.82. The number of fused-ring (bicyclic) bond motifs is 4. The lowest BCUT2D eigenvalue weighted by Gasteiger charge is -2.43. The maximum Gasteiger partial charge on any atom is 0.251 e. The molecule has 2 bridgehead atoms. The van der Waals surface area contributed by atoms with Crippen LogP contribution in [0.25, 0.3) is 11.3 Å². The normalized spacial score (nSPS) is 19.6. The molecule has 1 saturated heterocycles. The highest BCUT2D eigenvalue weighted by Gasteiger charge is 2.36. The minimum atomic E-state index is 0.0176. The Balaban J connectivity index is 1.40. The number of piperidine rings is 1. The standard InChI is InChI=1S/C25H25N3O3/c1-31-21-6-4-5-17(10-21)11-24(29)27-14-18-9-20(16-27)23-12-19(13-25(30)28(23)15-18)22-7-2-3-8-26-22/h2-8,10,12-13,18,20H,9,11,14-16H2,1H3/t18-,20+/m0/s1. The summed E-state index contributed by atoms with van der Waals surface area (Å²) in [5.41, 5.74) is 3.63. The van der Waals surface area contributed by atoms with Crippen LogP contribution in [0.1, 0.15) is 23.6 Å². The number of methoxy groups -OCH3 is 1. The first kappa shape index (κ1) is 19.5. The molecule has 2 aliphatic heterocycles. The van der Waals surface area contributed by atoms with E-state index in [4.69, 9.17) is 4.74 Å². The molecule has 0 saturated carbocycles. The van der Waals surface area contributed by atoms with Crippen molar-refractivity contribution in [1.29, 1.82) is 0 Å². The van der Waals surface area contributed by atoms with Gasteiger partial charge in [-0.05, 0) is 48.2 Å². The first-order valence-corrected chi connectivity index (χ1v) is 10.7. The Bertz CT molecular complexity index is 1170. The number of likely N-dealkylation sites (tertiary alicyclic amines) is 1. The lowest BCUT2D eigenvalue weighted by molar-refractivity contribution is -0.133. The summed E-state index contributed by atoms with van der Waals surface area (Å²) in [5, 5.41) is 0. The van der Waals surface area contributed by atoms with Crippen molar-refractivity contribution in [3.05, 3.63) is 82.4 Å². The van der Waals surface area contributed by atoms with Crippen LogP contribution in [0.15, 0.2) is 65.6 Å². The van der Waals surface area contributed by atoms with E-state index in [1.54, 1.807) is 19.4 Å². The fraction of sp³-hybridized carbons (Fsp3) is 0.320. The van der Waals surface area contributed by atoms with Crippen LogP contribution in [0.5, 0.6) is 5.75 Å². The minimum Gasteiger partial charge on any atom is -0.497 e. The van der Waals surface area contributed by atoms with Gasteiger partial charge in [0.15, 0.2) is 0 Å². The topological polar surface area (TPSA) is 64.4 Å². The van der Waals surface area contributed by atoms with Crippen molar-refractivity contribution in [2.45, 2.75) is 25.3 Å². The van der Waals surface area contributed by atoms with Crippen molar-refractivity contribution < 1.29 is 9.53 Å². The number of pyridine rings is 2. The SMILES string of the molecule is COc1cccc(CC(=O)N2C[C@@H]3C[C@H](C2)c2cc(-c4ccccn4)cc(=O)n2C3)c1. The van der Waals surface area contributed by atoms with Gasteiger partial charge in [-0.15, -0.1) is 0 Å². The van der Waals surface area contributed by atoms with Gasteiger partial charge in [0.2, 0.25) is 5.91 Å². The highest BCUT2D eigenvalue weighted by Crippen LogP contribution is 2.36. The summed E-state index contributed by atoms with van der Waals surface area (Å²) in [7, 11) is 1.63. The Morgan fingerprint density at radius 3 is 2.81 bits per heavy atom. The number of ether oxygens (including phenoxy) is 1. The van der Waals surface area contributed by atoms with Gasteiger partial charge in [0, 0.05) is 49.1 Å². The minimum absolute atomic E-state index is 0.0176. The third-order valence-electron chi connectivity index (χ3n) is 6.36. The van der Waals surface area contributed by atoms with E-state index in [0.29, 0.717) is 32.0 Å². The first-order valence-electron chi connectivity index (χ1n) is 10.7. The Morgan fingerprint density at radius 1 is 1.10 bits per heavy atom. The van der Waals surface area contributed by atoms with E-state index < -0.39 is 0 Å². The van der Waals surface area contributed by atoms with Crippen LogP contribution in [0, 0.1) is 5.92 Å². The smallest absolute Gasteiger partial charge is 0.251 e.